The summed E-state index contributed by atoms with van der Waals surface area (Å²) in [5, 5.41) is 14.5. The molecule has 0 spiro atoms. The van der Waals surface area contributed by atoms with Crippen LogP contribution in [-0.4, -0.2) is 33.5 Å². The number of nitrogens with one attached hydrogen (secondary N) is 2. The van der Waals surface area contributed by atoms with Gasteiger partial charge in [0.15, 0.2) is 0 Å². The molecule has 2 aromatic heterocycles. The lowest BCUT2D eigenvalue weighted by Crippen LogP contribution is -2.17. The molecule has 3 aromatic rings. The number of benzene rings is 1. The number of hydrogen-bond acceptors (Lipinski definition) is 5. The second-order valence-electron chi connectivity index (χ2n) is 5.19. The number of nitrogens with zero attached hydrogens (tertiary/aromatic N) is 3. The third kappa shape index (κ3) is 2.18. The highest BCUT2D eigenvalue weighted by atomic mass is 16.5. The maximum Gasteiger partial charge on any atom is 0.142 e. The zero-order chi connectivity index (χ0) is 14.9. The van der Waals surface area contributed by atoms with E-state index < -0.39 is 0 Å². The summed E-state index contributed by atoms with van der Waals surface area (Å²) in [5.41, 5.74) is 5.35. The van der Waals surface area contributed by atoms with Gasteiger partial charge in [0.25, 0.3) is 0 Å². The molecule has 6 nitrogen and oxygen atoms in total. The summed E-state index contributed by atoms with van der Waals surface area (Å²) < 4.78 is 5.61. The largest absolute Gasteiger partial charge is 0.490 e. The SMILES string of the molecule is Cc1cccc(-c2[nH]nnc2-c2ccc3c(c2)NCCO3)n1. The molecule has 1 aliphatic heterocycles. The van der Waals surface area contributed by atoms with Crippen molar-refractivity contribution in [3.05, 3.63) is 42.1 Å². The van der Waals surface area contributed by atoms with Crippen LogP contribution in [0.15, 0.2) is 36.4 Å². The second kappa shape index (κ2) is 5.14. The number of aryl methyl sites for hydroxylation is 1. The number of aromatic nitrogens is 4. The molecule has 110 valence electrons. The van der Waals surface area contributed by atoms with E-state index in [9.17, 15) is 0 Å². The Bertz CT molecular complexity index is 827. The minimum Gasteiger partial charge on any atom is -0.490 e. The Morgan fingerprint density at radius 2 is 2.14 bits per heavy atom. The smallest absolute Gasteiger partial charge is 0.142 e. The highest BCUT2D eigenvalue weighted by molar-refractivity contribution is 5.79. The summed E-state index contributed by atoms with van der Waals surface area (Å²) in [6, 6.07) is 11.9. The Morgan fingerprint density at radius 3 is 3.05 bits per heavy atom. The number of anilines is 1. The van der Waals surface area contributed by atoms with Gasteiger partial charge in [-0.05, 0) is 37.3 Å². The molecule has 0 unspecified atom stereocenters. The number of H-pyrrole nitrogens is 1. The van der Waals surface area contributed by atoms with Crippen LogP contribution in [0.3, 0.4) is 0 Å². The number of fused-ring (bicyclic) bond motifs is 1. The van der Waals surface area contributed by atoms with E-state index in [2.05, 4.69) is 25.7 Å². The molecule has 3 heterocycles. The van der Waals surface area contributed by atoms with Gasteiger partial charge in [0.1, 0.15) is 23.7 Å². The quantitative estimate of drug-likeness (QED) is 0.759. The van der Waals surface area contributed by atoms with Gasteiger partial charge in [-0.25, -0.2) is 0 Å². The minimum atomic E-state index is 0.689. The monoisotopic (exact) mass is 293 g/mol. The first-order valence-corrected chi connectivity index (χ1v) is 7.17. The first-order valence-electron chi connectivity index (χ1n) is 7.17. The molecule has 2 N–H and O–H groups in total. The molecule has 1 aromatic carbocycles. The van der Waals surface area contributed by atoms with Gasteiger partial charge < -0.3 is 10.1 Å². The van der Waals surface area contributed by atoms with Gasteiger partial charge in [-0.3, -0.25) is 10.1 Å². The van der Waals surface area contributed by atoms with Gasteiger partial charge in [0, 0.05) is 17.8 Å². The number of hydrogen-bond donors (Lipinski definition) is 2. The van der Waals surface area contributed by atoms with Crippen molar-refractivity contribution in [2.45, 2.75) is 6.92 Å². The van der Waals surface area contributed by atoms with E-state index in [4.69, 9.17) is 4.74 Å². The normalized spacial score (nSPS) is 13.1. The van der Waals surface area contributed by atoms with Gasteiger partial charge in [0.05, 0.1) is 11.4 Å². The molecule has 0 bridgehead atoms. The van der Waals surface area contributed by atoms with Crippen LogP contribution in [-0.2, 0) is 0 Å². The Hall–Kier alpha value is -2.89. The van der Waals surface area contributed by atoms with E-state index in [1.165, 1.54) is 0 Å². The van der Waals surface area contributed by atoms with Crippen LogP contribution in [0, 0.1) is 6.92 Å². The summed E-state index contributed by atoms with van der Waals surface area (Å²) in [4.78, 5) is 4.54. The molecule has 0 amide bonds. The summed E-state index contributed by atoms with van der Waals surface area (Å²) in [6.07, 6.45) is 0. The first kappa shape index (κ1) is 12.8. The zero-order valence-electron chi connectivity index (χ0n) is 12.1. The molecule has 1 aliphatic rings. The molecule has 4 rings (SSSR count). The third-order valence-electron chi connectivity index (χ3n) is 3.62. The van der Waals surface area contributed by atoms with Crippen LogP contribution in [0.5, 0.6) is 5.75 Å². The molecule has 0 fully saturated rings. The van der Waals surface area contributed by atoms with Crippen LogP contribution in [0.1, 0.15) is 5.69 Å². The van der Waals surface area contributed by atoms with Crippen molar-refractivity contribution >= 4 is 5.69 Å². The molecular formula is C16H15N5O. The summed E-state index contributed by atoms with van der Waals surface area (Å²) in [6.45, 7) is 3.46. The van der Waals surface area contributed by atoms with Gasteiger partial charge in [-0.2, -0.15) is 0 Å². The molecular weight excluding hydrogens is 278 g/mol. The van der Waals surface area contributed by atoms with E-state index in [-0.39, 0.29) is 0 Å². The van der Waals surface area contributed by atoms with Crippen molar-refractivity contribution in [3.8, 4) is 28.4 Å². The Morgan fingerprint density at radius 1 is 1.18 bits per heavy atom. The standard InChI is InChI=1S/C16H15N5O/c1-10-3-2-4-12(18-10)16-15(19-21-20-16)11-5-6-14-13(9-11)17-7-8-22-14/h2-6,9,17H,7-8H2,1H3,(H,19,20,21). The van der Waals surface area contributed by atoms with E-state index in [0.29, 0.717) is 6.61 Å². The highest BCUT2D eigenvalue weighted by Crippen LogP contribution is 2.34. The maximum atomic E-state index is 5.61. The van der Waals surface area contributed by atoms with Crippen molar-refractivity contribution in [1.29, 1.82) is 0 Å². The van der Waals surface area contributed by atoms with E-state index >= 15 is 0 Å². The van der Waals surface area contributed by atoms with Crippen molar-refractivity contribution in [3.63, 3.8) is 0 Å². The molecule has 0 aliphatic carbocycles. The van der Waals surface area contributed by atoms with Crippen molar-refractivity contribution in [2.75, 3.05) is 18.5 Å². The number of aromatic amines is 1. The lowest BCUT2D eigenvalue weighted by Gasteiger charge is -2.19. The summed E-state index contributed by atoms with van der Waals surface area (Å²) in [5.74, 6) is 0.869. The maximum absolute atomic E-state index is 5.61. The molecule has 0 saturated carbocycles. The van der Waals surface area contributed by atoms with Crippen LogP contribution in [0.4, 0.5) is 5.69 Å². The van der Waals surface area contributed by atoms with E-state index in [1.807, 2.05) is 43.3 Å². The molecule has 0 saturated heterocycles. The highest BCUT2D eigenvalue weighted by Gasteiger charge is 2.16. The van der Waals surface area contributed by atoms with Crippen molar-refractivity contribution in [1.82, 2.24) is 20.4 Å². The Kier molecular flexibility index (Phi) is 3.00. The minimum absolute atomic E-state index is 0.689. The molecule has 0 atom stereocenters. The van der Waals surface area contributed by atoms with Crippen LogP contribution in [0.2, 0.25) is 0 Å². The lowest BCUT2D eigenvalue weighted by atomic mass is 10.1. The fourth-order valence-electron chi connectivity index (χ4n) is 2.58. The lowest BCUT2D eigenvalue weighted by molar-refractivity contribution is 0.323. The van der Waals surface area contributed by atoms with Crippen LogP contribution in [0.25, 0.3) is 22.6 Å². The topological polar surface area (TPSA) is 75.7 Å². The third-order valence-corrected chi connectivity index (χ3v) is 3.62. The number of rotatable bonds is 2. The van der Waals surface area contributed by atoms with Gasteiger partial charge >= 0.3 is 0 Å². The van der Waals surface area contributed by atoms with E-state index in [0.717, 1.165) is 46.3 Å². The van der Waals surface area contributed by atoms with Gasteiger partial charge in [-0.1, -0.05) is 11.3 Å². The predicted octanol–water partition coefficient (Wildman–Crippen LogP) is 2.65. The molecule has 0 radical (unpaired) electrons. The second-order valence-corrected chi connectivity index (χ2v) is 5.19. The summed E-state index contributed by atoms with van der Waals surface area (Å²) >= 11 is 0. The predicted molar refractivity (Wildman–Crippen MR) is 83.8 cm³/mol. The van der Waals surface area contributed by atoms with Gasteiger partial charge in [0.2, 0.25) is 0 Å². The van der Waals surface area contributed by atoms with E-state index in [1.54, 1.807) is 0 Å². The average molecular weight is 293 g/mol. The number of ether oxygens (including phenoxy) is 1. The fourth-order valence-corrected chi connectivity index (χ4v) is 2.58. The zero-order valence-corrected chi connectivity index (χ0v) is 12.1. The number of pyridine rings is 1. The van der Waals surface area contributed by atoms with Crippen molar-refractivity contribution in [2.24, 2.45) is 0 Å². The average Bonchev–Trinajstić information content (AvgIpc) is 3.04. The Labute approximate surface area is 127 Å². The van der Waals surface area contributed by atoms with Gasteiger partial charge in [-0.15, -0.1) is 5.10 Å². The molecule has 6 heteroatoms. The fraction of sp³-hybridized carbons (Fsp3) is 0.188. The molecule has 22 heavy (non-hydrogen) atoms. The van der Waals surface area contributed by atoms with Crippen LogP contribution < -0.4 is 10.1 Å². The van der Waals surface area contributed by atoms with Crippen LogP contribution >= 0.6 is 0 Å². The first-order chi connectivity index (χ1) is 10.8. The Balaban J connectivity index is 1.80. The van der Waals surface area contributed by atoms with Crippen molar-refractivity contribution < 1.29 is 4.74 Å². The summed E-state index contributed by atoms with van der Waals surface area (Å²) in [7, 11) is 0.